The number of aromatic nitrogens is 1. The highest BCUT2D eigenvalue weighted by molar-refractivity contribution is 9.10. The summed E-state index contributed by atoms with van der Waals surface area (Å²) in [7, 11) is -3.67. The molecule has 1 N–H and O–H groups in total. The monoisotopic (exact) mass is 360 g/mol. The zero-order valence-corrected chi connectivity index (χ0v) is 13.1. The molecule has 1 aromatic carbocycles. The molecule has 0 saturated heterocycles. The van der Waals surface area contributed by atoms with E-state index in [0.717, 1.165) is 4.47 Å². The first kappa shape index (κ1) is 14.3. The summed E-state index contributed by atoms with van der Waals surface area (Å²) in [5.74, 6) is 0.253. The smallest absolute Gasteiger partial charge is 0.263 e. The Balaban J connectivity index is 2.38. The fourth-order valence-corrected chi connectivity index (χ4v) is 3.36. The van der Waals surface area contributed by atoms with E-state index in [-0.39, 0.29) is 10.7 Å². The predicted molar refractivity (Wildman–Crippen MR) is 78.9 cm³/mol. The number of halogens is 2. The van der Waals surface area contributed by atoms with E-state index >= 15 is 0 Å². The summed E-state index contributed by atoms with van der Waals surface area (Å²) < 4.78 is 27.6. The minimum atomic E-state index is -3.67. The Kier molecular flexibility index (Phi) is 4.13. The van der Waals surface area contributed by atoms with Gasteiger partial charge in [0.05, 0.1) is 4.90 Å². The van der Waals surface area contributed by atoms with Crippen LogP contribution >= 0.6 is 27.5 Å². The van der Waals surface area contributed by atoms with E-state index < -0.39 is 10.0 Å². The van der Waals surface area contributed by atoms with Crippen molar-refractivity contribution >= 4 is 43.4 Å². The van der Waals surface area contributed by atoms with Crippen molar-refractivity contribution in [3.8, 4) is 0 Å². The molecule has 4 nitrogen and oxygen atoms in total. The first-order valence-electron chi connectivity index (χ1n) is 5.29. The molecule has 0 spiro atoms. The molecule has 0 aliphatic carbocycles. The van der Waals surface area contributed by atoms with Crippen molar-refractivity contribution in [2.24, 2.45) is 0 Å². The van der Waals surface area contributed by atoms with Crippen LogP contribution in [0.3, 0.4) is 0 Å². The number of sulfonamides is 1. The Labute approximate surface area is 125 Å². The summed E-state index contributed by atoms with van der Waals surface area (Å²) >= 11 is 9.07. The molecule has 19 heavy (non-hydrogen) atoms. The molecule has 0 aliphatic rings. The first-order chi connectivity index (χ1) is 8.88. The molecular weight excluding hydrogens is 352 g/mol. The molecule has 0 atom stereocenters. The van der Waals surface area contributed by atoms with Gasteiger partial charge in [0.15, 0.2) is 0 Å². The van der Waals surface area contributed by atoms with Crippen LogP contribution in [0.25, 0.3) is 0 Å². The highest BCUT2D eigenvalue weighted by Crippen LogP contribution is 2.22. The van der Waals surface area contributed by atoms with E-state index in [0.29, 0.717) is 10.6 Å². The molecule has 0 aliphatic heterocycles. The van der Waals surface area contributed by atoms with Crippen molar-refractivity contribution in [2.75, 3.05) is 4.72 Å². The minimum absolute atomic E-state index is 0.179. The van der Waals surface area contributed by atoms with Crippen molar-refractivity contribution in [3.63, 3.8) is 0 Å². The van der Waals surface area contributed by atoms with Gasteiger partial charge in [0, 0.05) is 15.7 Å². The number of hydrogen-bond acceptors (Lipinski definition) is 3. The third-order valence-corrected chi connectivity index (χ3v) is 4.63. The maximum Gasteiger partial charge on any atom is 0.263 e. The number of hydrogen-bond donors (Lipinski definition) is 1. The zero-order valence-electron chi connectivity index (χ0n) is 9.89. The lowest BCUT2D eigenvalue weighted by molar-refractivity contribution is 0.600. The van der Waals surface area contributed by atoms with Crippen LogP contribution < -0.4 is 4.72 Å². The number of anilines is 1. The zero-order chi connectivity index (χ0) is 14.0. The van der Waals surface area contributed by atoms with E-state index in [1.165, 1.54) is 18.3 Å². The maximum atomic E-state index is 12.2. The fraction of sp³-hybridized carbons (Fsp3) is 0.0833. The second-order valence-electron chi connectivity index (χ2n) is 3.87. The Hall–Kier alpha value is -1.11. The normalized spacial score (nSPS) is 11.3. The molecule has 0 fully saturated rings. The number of pyridine rings is 1. The highest BCUT2D eigenvalue weighted by Gasteiger charge is 2.17. The van der Waals surface area contributed by atoms with Crippen molar-refractivity contribution < 1.29 is 8.42 Å². The van der Waals surface area contributed by atoms with Gasteiger partial charge in [-0.25, -0.2) is 13.4 Å². The third kappa shape index (κ3) is 3.46. The average molecular weight is 362 g/mol. The van der Waals surface area contributed by atoms with Gasteiger partial charge < -0.3 is 0 Å². The quantitative estimate of drug-likeness (QED) is 0.908. The van der Waals surface area contributed by atoms with Crippen LogP contribution in [0, 0.1) is 6.92 Å². The summed E-state index contributed by atoms with van der Waals surface area (Å²) in [5, 5.41) is 0.497. The van der Waals surface area contributed by atoms with Gasteiger partial charge in [-0.15, -0.1) is 0 Å². The summed E-state index contributed by atoms with van der Waals surface area (Å²) in [5.41, 5.74) is 0.579. The van der Waals surface area contributed by atoms with Crippen molar-refractivity contribution in [3.05, 3.63) is 51.6 Å². The predicted octanol–water partition coefficient (Wildman–Crippen LogP) is 3.61. The van der Waals surface area contributed by atoms with Gasteiger partial charge >= 0.3 is 0 Å². The minimum Gasteiger partial charge on any atom is -0.263 e. The van der Waals surface area contributed by atoms with Gasteiger partial charge in [0.25, 0.3) is 10.0 Å². The fourth-order valence-electron chi connectivity index (χ4n) is 1.57. The highest BCUT2D eigenvalue weighted by atomic mass is 79.9. The summed E-state index contributed by atoms with van der Waals surface area (Å²) in [6, 6.07) is 7.91. The van der Waals surface area contributed by atoms with E-state index in [1.54, 1.807) is 25.1 Å². The first-order valence-corrected chi connectivity index (χ1v) is 7.94. The van der Waals surface area contributed by atoms with Crippen molar-refractivity contribution in [2.45, 2.75) is 11.8 Å². The van der Waals surface area contributed by atoms with Crippen LogP contribution in [0.4, 0.5) is 5.82 Å². The van der Waals surface area contributed by atoms with E-state index in [4.69, 9.17) is 11.6 Å². The number of nitrogens with zero attached hydrogens (tertiary/aromatic N) is 1. The lowest BCUT2D eigenvalue weighted by Gasteiger charge is -2.10. The van der Waals surface area contributed by atoms with E-state index in [1.807, 2.05) is 0 Å². The van der Waals surface area contributed by atoms with Crippen LogP contribution in [0.5, 0.6) is 0 Å². The molecule has 1 aromatic heterocycles. The largest absolute Gasteiger partial charge is 0.263 e. The number of nitrogens with one attached hydrogen (secondary N) is 1. The lowest BCUT2D eigenvalue weighted by atomic mass is 10.2. The lowest BCUT2D eigenvalue weighted by Crippen LogP contribution is -2.15. The van der Waals surface area contributed by atoms with Gasteiger partial charge in [0.1, 0.15) is 5.82 Å². The molecule has 0 unspecified atom stereocenters. The van der Waals surface area contributed by atoms with Crippen LogP contribution in [-0.2, 0) is 10.0 Å². The standard InChI is InChI=1S/C12H10BrClN2O2S/c1-8-6-10(14)2-3-11(8)19(17,18)16-12-7-9(13)4-5-15-12/h2-7H,1H3,(H,15,16). The Morgan fingerprint density at radius 2 is 2.00 bits per heavy atom. The van der Waals surface area contributed by atoms with Gasteiger partial charge in [-0.1, -0.05) is 27.5 Å². The third-order valence-electron chi connectivity index (χ3n) is 2.39. The molecule has 2 rings (SSSR count). The number of aryl methyl sites for hydroxylation is 1. The van der Waals surface area contributed by atoms with Gasteiger partial charge in [-0.3, -0.25) is 4.72 Å². The van der Waals surface area contributed by atoms with Crippen LogP contribution in [-0.4, -0.2) is 13.4 Å². The Bertz CT molecular complexity index is 719. The molecule has 0 saturated carbocycles. The van der Waals surface area contributed by atoms with E-state index in [2.05, 4.69) is 25.6 Å². The van der Waals surface area contributed by atoms with Crippen LogP contribution in [0.15, 0.2) is 45.9 Å². The van der Waals surface area contributed by atoms with Crippen LogP contribution in [0.1, 0.15) is 5.56 Å². The second kappa shape index (κ2) is 5.48. The molecule has 2 aromatic rings. The summed E-state index contributed by atoms with van der Waals surface area (Å²) in [4.78, 5) is 4.13. The molecule has 0 amide bonds. The van der Waals surface area contributed by atoms with Crippen molar-refractivity contribution in [1.29, 1.82) is 0 Å². The number of rotatable bonds is 3. The average Bonchev–Trinajstić information content (AvgIpc) is 2.27. The van der Waals surface area contributed by atoms with Gasteiger partial charge in [-0.05, 0) is 42.8 Å². The van der Waals surface area contributed by atoms with E-state index in [9.17, 15) is 8.42 Å². The van der Waals surface area contributed by atoms with Crippen molar-refractivity contribution in [1.82, 2.24) is 4.98 Å². The summed E-state index contributed by atoms with van der Waals surface area (Å²) in [6.07, 6.45) is 1.51. The molecule has 0 bridgehead atoms. The van der Waals surface area contributed by atoms with Gasteiger partial charge in [0.2, 0.25) is 0 Å². The molecule has 1 heterocycles. The number of benzene rings is 1. The molecular formula is C12H10BrClN2O2S. The molecule has 100 valence electrons. The Morgan fingerprint density at radius 1 is 1.26 bits per heavy atom. The van der Waals surface area contributed by atoms with Gasteiger partial charge in [-0.2, -0.15) is 0 Å². The van der Waals surface area contributed by atoms with Crippen LogP contribution in [0.2, 0.25) is 5.02 Å². The Morgan fingerprint density at radius 3 is 2.63 bits per heavy atom. The summed E-state index contributed by atoms with van der Waals surface area (Å²) in [6.45, 7) is 1.69. The molecule has 0 radical (unpaired) electrons. The second-order valence-corrected chi connectivity index (χ2v) is 6.88. The maximum absolute atomic E-state index is 12.2. The topological polar surface area (TPSA) is 59.1 Å². The SMILES string of the molecule is Cc1cc(Cl)ccc1S(=O)(=O)Nc1cc(Br)ccn1. The molecule has 7 heteroatoms.